The Balaban J connectivity index is 2.25. The van der Waals surface area contributed by atoms with E-state index in [1.54, 1.807) is 0 Å². The highest BCUT2D eigenvalue weighted by molar-refractivity contribution is 5.15. The number of aliphatic hydroxyl groups is 2. The first-order valence-electron chi connectivity index (χ1n) is 6.78. The van der Waals surface area contributed by atoms with Crippen molar-refractivity contribution in [1.82, 2.24) is 0 Å². The van der Waals surface area contributed by atoms with E-state index in [0.29, 0.717) is 5.92 Å². The van der Waals surface area contributed by atoms with Crippen molar-refractivity contribution in [1.29, 1.82) is 0 Å². The van der Waals surface area contributed by atoms with Crippen molar-refractivity contribution in [3.05, 3.63) is 12.2 Å². The molecule has 2 aliphatic rings. The second kappa shape index (κ2) is 3.83. The lowest BCUT2D eigenvalue weighted by molar-refractivity contribution is -0.107. The molecule has 0 unspecified atom stereocenters. The van der Waals surface area contributed by atoms with Crippen LogP contribution >= 0.6 is 0 Å². The topological polar surface area (TPSA) is 40.5 Å². The average molecular weight is 238 g/mol. The Morgan fingerprint density at radius 3 is 2.53 bits per heavy atom. The first-order valence-corrected chi connectivity index (χ1v) is 6.78. The molecule has 0 saturated heterocycles. The van der Waals surface area contributed by atoms with Crippen LogP contribution in [0, 0.1) is 17.3 Å². The standard InChI is InChI=1S/C15H26O2/c1-13(2,16)11-6-9-14(3)7-5-8-15(4,17)12(14)10-11/h5,7,11-12,16-17H,6,8-10H2,1-4H3/t11-,12+,14+,15-/m1/s1. The van der Waals surface area contributed by atoms with Crippen LogP contribution in [-0.4, -0.2) is 21.4 Å². The highest BCUT2D eigenvalue weighted by atomic mass is 16.3. The van der Waals surface area contributed by atoms with Crippen LogP contribution in [-0.2, 0) is 0 Å². The van der Waals surface area contributed by atoms with Crippen LogP contribution in [0.2, 0.25) is 0 Å². The van der Waals surface area contributed by atoms with Crippen molar-refractivity contribution in [2.75, 3.05) is 0 Å². The Morgan fingerprint density at radius 1 is 1.29 bits per heavy atom. The zero-order valence-corrected chi connectivity index (χ0v) is 11.5. The highest BCUT2D eigenvalue weighted by Crippen LogP contribution is 2.54. The van der Waals surface area contributed by atoms with Crippen molar-refractivity contribution in [2.45, 2.75) is 64.6 Å². The van der Waals surface area contributed by atoms with E-state index in [0.717, 1.165) is 25.7 Å². The molecular weight excluding hydrogens is 212 g/mol. The predicted molar refractivity (Wildman–Crippen MR) is 69.6 cm³/mol. The Kier molecular flexibility index (Phi) is 2.95. The third-order valence-electron chi connectivity index (χ3n) is 5.13. The Morgan fingerprint density at radius 2 is 1.94 bits per heavy atom. The van der Waals surface area contributed by atoms with Gasteiger partial charge < -0.3 is 10.2 Å². The summed E-state index contributed by atoms with van der Waals surface area (Å²) in [7, 11) is 0. The van der Waals surface area contributed by atoms with Crippen LogP contribution in [0.3, 0.4) is 0 Å². The molecule has 1 saturated carbocycles. The van der Waals surface area contributed by atoms with Gasteiger partial charge in [0.15, 0.2) is 0 Å². The van der Waals surface area contributed by atoms with Crippen LogP contribution < -0.4 is 0 Å². The molecule has 2 aliphatic carbocycles. The van der Waals surface area contributed by atoms with Crippen LogP contribution in [0.25, 0.3) is 0 Å². The molecule has 0 aromatic carbocycles. The molecule has 17 heavy (non-hydrogen) atoms. The maximum atomic E-state index is 10.6. The van der Waals surface area contributed by atoms with Gasteiger partial charge in [-0.1, -0.05) is 19.1 Å². The van der Waals surface area contributed by atoms with Gasteiger partial charge in [-0.05, 0) is 63.7 Å². The zero-order valence-electron chi connectivity index (χ0n) is 11.5. The highest BCUT2D eigenvalue weighted by Gasteiger charge is 2.50. The quantitative estimate of drug-likeness (QED) is 0.690. The van der Waals surface area contributed by atoms with Crippen LogP contribution in [0.5, 0.6) is 0 Å². The fourth-order valence-corrected chi connectivity index (χ4v) is 3.85. The van der Waals surface area contributed by atoms with E-state index in [-0.39, 0.29) is 11.3 Å². The largest absolute Gasteiger partial charge is 0.390 e. The molecule has 0 aliphatic heterocycles. The molecule has 0 aromatic rings. The first kappa shape index (κ1) is 13.1. The molecule has 2 rings (SSSR count). The van der Waals surface area contributed by atoms with Gasteiger partial charge >= 0.3 is 0 Å². The van der Waals surface area contributed by atoms with E-state index in [9.17, 15) is 10.2 Å². The Bertz CT molecular complexity index is 324. The van der Waals surface area contributed by atoms with Crippen LogP contribution in [0.1, 0.15) is 53.4 Å². The fourth-order valence-electron chi connectivity index (χ4n) is 3.85. The summed E-state index contributed by atoms with van der Waals surface area (Å²) in [5.74, 6) is 0.573. The molecule has 2 N–H and O–H groups in total. The lowest BCUT2D eigenvalue weighted by Crippen LogP contribution is -2.51. The van der Waals surface area contributed by atoms with Gasteiger partial charge in [-0.25, -0.2) is 0 Å². The van der Waals surface area contributed by atoms with Crippen molar-refractivity contribution in [2.24, 2.45) is 17.3 Å². The molecule has 4 atom stereocenters. The van der Waals surface area contributed by atoms with E-state index in [4.69, 9.17) is 0 Å². The summed E-state index contributed by atoms with van der Waals surface area (Å²) >= 11 is 0. The summed E-state index contributed by atoms with van der Waals surface area (Å²) in [5.41, 5.74) is -1.13. The molecule has 0 aromatic heterocycles. The summed E-state index contributed by atoms with van der Waals surface area (Å²) in [6.45, 7) is 8.00. The van der Waals surface area contributed by atoms with Crippen LogP contribution in [0.15, 0.2) is 12.2 Å². The fraction of sp³-hybridized carbons (Fsp3) is 0.867. The van der Waals surface area contributed by atoms with Crippen LogP contribution in [0.4, 0.5) is 0 Å². The van der Waals surface area contributed by atoms with E-state index in [2.05, 4.69) is 19.1 Å². The zero-order chi connectivity index (χ0) is 12.9. The normalized spacial score (nSPS) is 46.7. The predicted octanol–water partition coefficient (Wildman–Crippen LogP) is 2.89. The summed E-state index contributed by atoms with van der Waals surface area (Å²) < 4.78 is 0. The summed E-state index contributed by atoms with van der Waals surface area (Å²) in [5, 5.41) is 20.8. The molecule has 0 spiro atoms. The lowest BCUT2D eigenvalue weighted by Gasteiger charge is -2.53. The van der Waals surface area contributed by atoms with Gasteiger partial charge in [0.1, 0.15) is 0 Å². The SMILES string of the molecule is CC(C)(O)[C@@H]1CC[C@]2(C)C=CC[C@@](C)(O)[C@H]2C1. The van der Waals surface area contributed by atoms with Gasteiger partial charge in [0.05, 0.1) is 11.2 Å². The Hall–Kier alpha value is -0.340. The maximum absolute atomic E-state index is 10.6. The molecule has 98 valence electrons. The average Bonchev–Trinajstić information content (AvgIpc) is 2.14. The number of hydrogen-bond donors (Lipinski definition) is 2. The molecule has 0 amide bonds. The molecule has 2 nitrogen and oxygen atoms in total. The van der Waals surface area contributed by atoms with E-state index in [1.807, 2.05) is 20.8 Å². The van der Waals surface area contributed by atoms with E-state index in [1.165, 1.54) is 0 Å². The van der Waals surface area contributed by atoms with Gasteiger partial charge in [0.25, 0.3) is 0 Å². The van der Waals surface area contributed by atoms with E-state index < -0.39 is 11.2 Å². The third-order valence-corrected chi connectivity index (χ3v) is 5.13. The number of hydrogen-bond acceptors (Lipinski definition) is 2. The van der Waals surface area contributed by atoms with Crippen molar-refractivity contribution in [3.63, 3.8) is 0 Å². The molecule has 2 heteroatoms. The molecule has 0 heterocycles. The van der Waals surface area contributed by atoms with Crippen molar-refractivity contribution < 1.29 is 10.2 Å². The lowest BCUT2D eigenvalue weighted by atomic mass is 9.54. The minimum absolute atomic E-state index is 0.115. The van der Waals surface area contributed by atoms with Gasteiger partial charge in [0, 0.05) is 0 Å². The molecule has 1 fully saturated rings. The van der Waals surface area contributed by atoms with Gasteiger partial charge in [-0.3, -0.25) is 0 Å². The minimum Gasteiger partial charge on any atom is -0.390 e. The Labute approximate surface area is 105 Å². The maximum Gasteiger partial charge on any atom is 0.0690 e. The second-order valence-electron chi connectivity index (χ2n) is 7.15. The van der Waals surface area contributed by atoms with Gasteiger partial charge in [-0.15, -0.1) is 0 Å². The first-order chi connectivity index (χ1) is 7.65. The molecule has 0 radical (unpaired) electrons. The monoisotopic (exact) mass is 238 g/mol. The van der Waals surface area contributed by atoms with Crippen molar-refractivity contribution >= 4 is 0 Å². The van der Waals surface area contributed by atoms with E-state index >= 15 is 0 Å². The third kappa shape index (κ3) is 2.30. The molecular formula is C15H26O2. The number of allylic oxidation sites excluding steroid dienone is 1. The summed E-state index contributed by atoms with van der Waals surface area (Å²) in [4.78, 5) is 0. The smallest absolute Gasteiger partial charge is 0.0690 e. The summed E-state index contributed by atoms with van der Waals surface area (Å²) in [6.07, 6.45) is 8.20. The van der Waals surface area contributed by atoms with Gasteiger partial charge in [-0.2, -0.15) is 0 Å². The number of rotatable bonds is 1. The van der Waals surface area contributed by atoms with Gasteiger partial charge in [0.2, 0.25) is 0 Å². The van der Waals surface area contributed by atoms with Crippen molar-refractivity contribution in [3.8, 4) is 0 Å². The molecule has 0 bridgehead atoms. The number of fused-ring (bicyclic) bond motifs is 1. The second-order valence-corrected chi connectivity index (χ2v) is 7.15. The minimum atomic E-state index is -0.626. The summed E-state index contributed by atoms with van der Waals surface area (Å²) in [6, 6.07) is 0.